The van der Waals surface area contributed by atoms with Crippen molar-refractivity contribution in [1.29, 1.82) is 0 Å². The molecule has 0 aliphatic carbocycles. The summed E-state index contributed by atoms with van der Waals surface area (Å²) in [5, 5.41) is 19.9. The number of amides is 1. The average molecular weight is 392 g/mol. The molecule has 146 valence electrons. The van der Waals surface area contributed by atoms with Crippen molar-refractivity contribution in [2.24, 2.45) is 0 Å². The first-order valence-corrected chi connectivity index (χ1v) is 9.36. The van der Waals surface area contributed by atoms with Crippen molar-refractivity contribution < 1.29 is 15.0 Å². The summed E-state index contributed by atoms with van der Waals surface area (Å²) in [4.78, 5) is 19.8. The fourth-order valence-corrected chi connectivity index (χ4v) is 3.00. The van der Waals surface area contributed by atoms with E-state index in [1.54, 1.807) is 17.3 Å². The van der Waals surface area contributed by atoms with Crippen LogP contribution in [0.5, 0.6) is 0 Å². The molecule has 0 aliphatic heterocycles. The Morgan fingerprint density at radius 2 is 1.93 bits per heavy atom. The highest BCUT2D eigenvalue weighted by molar-refractivity contribution is 6.31. The number of halogens is 1. The van der Waals surface area contributed by atoms with Gasteiger partial charge in [0.15, 0.2) is 0 Å². The van der Waals surface area contributed by atoms with Crippen LogP contribution in [0, 0.1) is 0 Å². The maximum absolute atomic E-state index is 12.3. The van der Waals surface area contributed by atoms with E-state index in [2.05, 4.69) is 4.98 Å². The van der Waals surface area contributed by atoms with Crippen LogP contribution >= 0.6 is 11.6 Å². The molecule has 6 nitrogen and oxygen atoms in total. The Labute approximate surface area is 165 Å². The fraction of sp³-hybridized carbons (Fsp3) is 0.400. The van der Waals surface area contributed by atoms with Crippen LogP contribution in [0.25, 0.3) is 0 Å². The zero-order valence-electron chi connectivity index (χ0n) is 15.5. The van der Waals surface area contributed by atoms with Gasteiger partial charge in [-0.2, -0.15) is 0 Å². The van der Waals surface area contributed by atoms with E-state index >= 15 is 0 Å². The van der Waals surface area contributed by atoms with Gasteiger partial charge in [-0.3, -0.25) is 14.7 Å². The minimum atomic E-state index is -1.06. The molecule has 0 bridgehead atoms. The number of pyridine rings is 1. The fourth-order valence-electron chi connectivity index (χ4n) is 2.79. The molecule has 1 atom stereocenters. The number of nitrogens with zero attached hydrogens (tertiary/aromatic N) is 3. The highest BCUT2D eigenvalue weighted by Crippen LogP contribution is 2.16. The van der Waals surface area contributed by atoms with Gasteiger partial charge in [0.1, 0.15) is 6.10 Å². The molecule has 1 heterocycles. The monoisotopic (exact) mass is 391 g/mol. The van der Waals surface area contributed by atoms with E-state index in [1.807, 2.05) is 41.3 Å². The maximum Gasteiger partial charge on any atom is 0.255 e. The minimum Gasteiger partial charge on any atom is -0.384 e. The summed E-state index contributed by atoms with van der Waals surface area (Å²) in [5.41, 5.74) is 1.74. The van der Waals surface area contributed by atoms with E-state index in [1.165, 1.54) is 6.92 Å². The van der Waals surface area contributed by atoms with Gasteiger partial charge < -0.3 is 15.1 Å². The number of para-hydroxylation sites is 1. The Morgan fingerprint density at radius 1 is 1.19 bits per heavy atom. The van der Waals surface area contributed by atoms with Gasteiger partial charge in [-0.25, -0.2) is 0 Å². The Balaban J connectivity index is 1.90. The highest BCUT2D eigenvalue weighted by Gasteiger charge is 2.20. The summed E-state index contributed by atoms with van der Waals surface area (Å²) in [7, 11) is 0. The molecule has 1 aromatic heterocycles. The van der Waals surface area contributed by atoms with Gasteiger partial charge in [-0.1, -0.05) is 29.8 Å². The average Bonchev–Trinajstić information content (AvgIpc) is 2.69. The number of aliphatic hydroxyl groups excluding tert-OH is 2. The molecule has 0 spiro atoms. The summed E-state index contributed by atoms with van der Waals surface area (Å²) in [6, 6.07) is 11.2. The lowest BCUT2D eigenvalue weighted by Gasteiger charge is -2.26. The summed E-state index contributed by atoms with van der Waals surface area (Å²) >= 11 is 6.12. The first kappa shape index (κ1) is 21.3. The van der Waals surface area contributed by atoms with Crippen molar-refractivity contribution in [2.75, 3.05) is 31.3 Å². The molecule has 0 saturated heterocycles. The molecular weight excluding hydrogens is 366 g/mol. The second kappa shape index (κ2) is 11.0. The number of anilines is 1. The summed E-state index contributed by atoms with van der Waals surface area (Å²) in [5.74, 6) is -0.333. The van der Waals surface area contributed by atoms with Crippen molar-refractivity contribution in [1.82, 2.24) is 9.88 Å². The molecule has 0 aliphatic rings. The molecular formula is C20H26ClN3O3. The lowest BCUT2D eigenvalue weighted by Crippen LogP contribution is -2.40. The molecule has 1 unspecified atom stereocenters. The predicted molar refractivity (Wildman–Crippen MR) is 107 cm³/mol. The number of rotatable bonds is 10. The first-order chi connectivity index (χ1) is 13.0. The summed E-state index contributed by atoms with van der Waals surface area (Å²) in [6.45, 7) is 3.13. The molecule has 0 radical (unpaired) electrons. The maximum atomic E-state index is 12.3. The van der Waals surface area contributed by atoms with Crippen molar-refractivity contribution >= 4 is 23.2 Å². The van der Waals surface area contributed by atoms with Crippen LogP contribution in [0.15, 0.2) is 48.8 Å². The number of aliphatic hydroxyl groups is 2. The summed E-state index contributed by atoms with van der Waals surface area (Å²) < 4.78 is 0. The highest BCUT2D eigenvalue weighted by atomic mass is 35.5. The number of hydrogen-bond acceptors (Lipinski definition) is 5. The molecule has 2 aromatic rings. The Bertz CT molecular complexity index is 713. The molecule has 27 heavy (non-hydrogen) atoms. The van der Waals surface area contributed by atoms with E-state index in [0.717, 1.165) is 11.3 Å². The zero-order chi connectivity index (χ0) is 19.6. The number of carbonyl (C=O) groups is 1. The second-order valence-electron chi connectivity index (χ2n) is 6.33. The van der Waals surface area contributed by atoms with Crippen molar-refractivity contribution in [2.45, 2.75) is 25.9 Å². The van der Waals surface area contributed by atoms with Gasteiger partial charge in [-0.15, -0.1) is 0 Å². The molecule has 1 aromatic carbocycles. The SMILES string of the molecule is CC(O)C(=O)N(CCCN(CO)CCc1ccncc1Cl)c1ccccc1. The van der Waals surface area contributed by atoms with E-state index in [0.29, 0.717) is 37.5 Å². The van der Waals surface area contributed by atoms with Crippen LogP contribution in [0.2, 0.25) is 5.02 Å². The molecule has 7 heteroatoms. The van der Waals surface area contributed by atoms with Gasteiger partial charge in [0.25, 0.3) is 5.91 Å². The molecule has 0 saturated carbocycles. The van der Waals surface area contributed by atoms with E-state index in [4.69, 9.17) is 11.6 Å². The lowest BCUT2D eigenvalue weighted by atomic mass is 10.2. The molecule has 2 N–H and O–H groups in total. The van der Waals surface area contributed by atoms with Crippen LogP contribution in [0.4, 0.5) is 5.69 Å². The molecule has 0 fully saturated rings. The number of carbonyl (C=O) groups excluding carboxylic acids is 1. The normalized spacial score (nSPS) is 12.2. The Kier molecular flexibility index (Phi) is 8.67. The van der Waals surface area contributed by atoms with Gasteiger partial charge in [-0.05, 0) is 43.5 Å². The predicted octanol–water partition coefficient (Wildman–Crippen LogP) is 2.33. The molecule has 1 amide bonds. The van der Waals surface area contributed by atoms with Crippen LogP contribution in [-0.2, 0) is 11.2 Å². The lowest BCUT2D eigenvalue weighted by molar-refractivity contribution is -0.125. The third kappa shape index (κ3) is 6.59. The minimum absolute atomic E-state index is 0.0710. The van der Waals surface area contributed by atoms with Crippen LogP contribution in [-0.4, -0.2) is 58.5 Å². The smallest absolute Gasteiger partial charge is 0.255 e. The Morgan fingerprint density at radius 3 is 2.56 bits per heavy atom. The second-order valence-corrected chi connectivity index (χ2v) is 6.74. The third-order valence-electron chi connectivity index (χ3n) is 4.30. The summed E-state index contributed by atoms with van der Waals surface area (Å²) in [6.07, 6.45) is 3.62. The van der Waals surface area contributed by atoms with Crippen LogP contribution in [0.3, 0.4) is 0 Å². The number of benzene rings is 1. The van der Waals surface area contributed by atoms with Crippen molar-refractivity contribution in [3.05, 3.63) is 59.4 Å². The van der Waals surface area contributed by atoms with E-state index in [-0.39, 0.29) is 12.6 Å². The quantitative estimate of drug-likeness (QED) is 0.608. The third-order valence-corrected chi connectivity index (χ3v) is 4.64. The number of aromatic nitrogens is 1. The largest absolute Gasteiger partial charge is 0.384 e. The van der Waals surface area contributed by atoms with E-state index in [9.17, 15) is 15.0 Å². The van der Waals surface area contributed by atoms with Crippen molar-refractivity contribution in [3.8, 4) is 0 Å². The topological polar surface area (TPSA) is 76.9 Å². The van der Waals surface area contributed by atoms with Crippen LogP contribution in [0.1, 0.15) is 18.9 Å². The number of hydrogen-bond donors (Lipinski definition) is 2. The Hall–Kier alpha value is -1.99. The van der Waals surface area contributed by atoms with Gasteiger partial charge >= 0.3 is 0 Å². The van der Waals surface area contributed by atoms with Crippen molar-refractivity contribution in [3.63, 3.8) is 0 Å². The van der Waals surface area contributed by atoms with Gasteiger partial charge in [0.2, 0.25) is 0 Å². The molecule has 2 rings (SSSR count). The van der Waals surface area contributed by atoms with Crippen LogP contribution < -0.4 is 4.90 Å². The van der Waals surface area contributed by atoms with E-state index < -0.39 is 6.10 Å². The van der Waals surface area contributed by atoms with Gasteiger partial charge in [0, 0.05) is 37.7 Å². The zero-order valence-corrected chi connectivity index (χ0v) is 16.2. The standard InChI is InChI=1S/C20H26ClN3O3/c1-16(26)20(27)24(18-6-3-2-4-7-18)12-5-11-23(15-25)13-9-17-8-10-22-14-19(17)21/h2-4,6-8,10,14,16,25-26H,5,9,11-13,15H2,1H3. The van der Waals surface area contributed by atoms with Gasteiger partial charge in [0.05, 0.1) is 11.8 Å². The first-order valence-electron chi connectivity index (χ1n) is 8.99.